The molecule has 1 saturated carbocycles. The molecule has 2 heterocycles. The fourth-order valence-electron chi connectivity index (χ4n) is 3.18. The first kappa shape index (κ1) is 15.5. The van der Waals surface area contributed by atoms with Crippen LogP contribution in [0.4, 0.5) is 0 Å². The number of aryl methyl sites for hydroxylation is 2. The van der Waals surface area contributed by atoms with E-state index in [2.05, 4.69) is 39.4 Å². The molecule has 0 aliphatic heterocycles. The fourth-order valence-corrected chi connectivity index (χ4v) is 3.95. The zero-order valence-electron chi connectivity index (χ0n) is 13.4. The summed E-state index contributed by atoms with van der Waals surface area (Å²) in [6.45, 7) is 0. The third kappa shape index (κ3) is 3.12. The molecular weight excluding hydrogens is 320 g/mol. The first-order valence-electron chi connectivity index (χ1n) is 8.35. The molecule has 0 unspecified atom stereocenters. The quantitative estimate of drug-likeness (QED) is 0.766. The van der Waals surface area contributed by atoms with Crippen molar-refractivity contribution in [2.24, 2.45) is 5.73 Å². The van der Waals surface area contributed by atoms with Gasteiger partial charge in [-0.2, -0.15) is 4.98 Å². The molecule has 1 fully saturated rings. The summed E-state index contributed by atoms with van der Waals surface area (Å²) in [7, 11) is 0. The molecule has 0 saturated heterocycles. The molecule has 0 spiro atoms. The number of nitrogens with zero attached hydrogens (tertiary/aromatic N) is 3. The summed E-state index contributed by atoms with van der Waals surface area (Å²) in [5, 5.41) is 7.16. The highest BCUT2D eigenvalue weighted by molar-refractivity contribution is 7.09. The van der Waals surface area contributed by atoms with E-state index in [1.807, 2.05) is 11.4 Å². The molecule has 24 heavy (non-hydrogen) atoms. The van der Waals surface area contributed by atoms with E-state index in [1.54, 1.807) is 11.3 Å². The number of thiazole rings is 1. The summed E-state index contributed by atoms with van der Waals surface area (Å²) in [6, 6.07) is 10.4. The van der Waals surface area contributed by atoms with Crippen molar-refractivity contribution < 1.29 is 4.52 Å². The smallest absolute Gasteiger partial charge is 0.277 e. The Kier molecular flexibility index (Phi) is 4.16. The first-order chi connectivity index (χ1) is 11.7. The predicted molar refractivity (Wildman–Crippen MR) is 93.6 cm³/mol. The van der Waals surface area contributed by atoms with Crippen molar-refractivity contribution in [2.75, 3.05) is 0 Å². The lowest BCUT2D eigenvalue weighted by atomic mass is 9.99. The van der Waals surface area contributed by atoms with Gasteiger partial charge in [-0.3, -0.25) is 0 Å². The van der Waals surface area contributed by atoms with E-state index < -0.39 is 5.54 Å². The van der Waals surface area contributed by atoms with Gasteiger partial charge in [0.25, 0.3) is 5.89 Å². The Hall–Kier alpha value is -2.05. The number of nitrogens with two attached hydrogens (primary N) is 1. The minimum absolute atomic E-state index is 0.423. The first-order valence-corrected chi connectivity index (χ1v) is 9.23. The number of benzene rings is 1. The summed E-state index contributed by atoms with van der Waals surface area (Å²) in [5.74, 6) is 1.10. The van der Waals surface area contributed by atoms with Crippen molar-refractivity contribution in [1.29, 1.82) is 0 Å². The molecule has 0 radical (unpaired) electrons. The van der Waals surface area contributed by atoms with Crippen LogP contribution in [0.2, 0.25) is 0 Å². The van der Waals surface area contributed by atoms with Gasteiger partial charge in [-0.15, -0.1) is 11.3 Å². The van der Waals surface area contributed by atoms with E-state index in [0.29, 0.717) is 11.7 Å². The zero-order chi connectivity index (χ0) is 16.4. The molecule has 124 valence electrons. The molecule has 1 aromatic carbocycles. The molecule has 3 aromatic rings. The average Bonchev–Trinajstić information content (AvgIpc) is 3.34. The summed E-state index contributed by atoms with van der Waals surface area (Å²) < 4.78 is 5.41. The van der Waals surface area contributed by atoms with Gasteiger partial charge in [-0.25, -0.2) is 4.98 Å². The van der Waals surface area contributed by atoms with Crippen LogP contribution >= 0.6 is 11.3 Å². The molecule has 6 heteroatoms. The number of rotatable bonds is 5. The Morgan fingerprint density at radius 3 is 2.67 bits per heavy atom. The van der Waals surface area contributed by atoms with Crippen molar-refractivity contribution in [2.45, 2.75) is 44.1 Å². The molecule has 0 bridgehead atoms. The highest BCUT2D eigenvalue weighted by Crippen LogP contribution is 2.35. The summed E-state index contributed by atoms with van der Waals surface area (Å²) >= 11 is 1.63. The standard InChI is InChI=1S/C18H20N4OS/c19-18(10-4-5-11-18)17-21-16(23-22-17)14-12-24-15(20-14)9-8-13-6-2-1-3-7-13/h1-3,6-7,12H,4-5,8-11,19H2. The average molecular weight is 340 g/mol. The van der Waals surface area contributed by atoms with Crippen molar-refractivity contribution in [3.8, 4) is 11.6 Å². The van der Waals surface area contributed by atoms with Gasteiger partial charge in [0.05, 0.1) is 10.5 Å². The SMILES string of the molecule is NC1(c2noc(-c3csc(CCc4ccccc4)n3)n2)CCCC1. The highest BCUT2D eigenvalue weighted by atomic mass is 32.1. The van der Waals surface area contributed by atoms with Gasteiger partial charge in [-0.05, 0) is 24.8 Å². The van der Waals surface area contributed by atoms with Crippen LogP contribution in [0.15, 0.2) is 40.2 Å². The number of hydrogen-bond donors (Lipinski definition) is 1. The Bertz CT molecular complexity index is 805. The van der Waals surface area contributed by atoms with Crippen LogP contribution in [0.1, 0.15) is 42.1 Å². The summed E-state index contributed by atoms with van der Waals surface area (Å²) in [4.78, 5) is 9.15. The maximum atomic E-state index is 6.39. The van der Waals surface area contributed by atoms with Crippen molar-refractivity contribution in [1.82, 2.24) is 15.1 Å². The van der Waals surface area contributed by atoms with Crippen LogP contribution in [0, 0.1) is 0 Å². The Balaban J connectivity index is 1.46. The molecule has 2 aromatic heterocycles. The van der Waals surface area contributed by atoms with Gasteiger partial charge in [0.2, 0.25) is 0 Å². The van der Waals surface area contributed by atoms with Gasteiger partial charge < -0.3 is 10.3 Å². The van der Waals surface area contributed by atoms with Gasteiger partial charge in [0.15, 0.2) is 5.82 Å². The molecule has 1 aliphatic rings. The number of aromatic nitrogens is 3. The monoisotopic (exact) mass is 340 g/mol. The second kappa shape index (κ2) is 6.45. The lowest BCUT2D eigenvalue weighted by Gasteiger charge is -2.17. The van der Waals surface area contributed by atoms with Gasteiger partial charge in [0.1, 0.15) is 5.69 Å². The molecule has 2 N–H and O–H groups in total. The van der Waals surface area contributed by atoms with Crippen LogP contribution in [-0.2, 0) is 18.4 Å². The van der Waals surface area contributed by atoms with Crippen LogP contribution < -0.4 is 5.73 Å². The Labute approximate surface area is 144 Å². The van der Waals surface area contributed by atoms with E-state index >= 15 is 0 Å². The minimum Gasteiger partial charge on any atom is -0.332 e. The van der Waals surface area contributed by atoms with E-state index in [-0.39, 0.29) is 0 Å². The molecule has 5 nitrogen and oxygen atoms in total. The van der Waals surface area contributed by atoms with Crippen LogP contribution in [0.5, 0.6) is 0 Å². The Morgan fingerprint density at radius 1 is 1.08 bits per heavy atom. The Morgan fingerprint density at radius 2 is 1.88 bits per heavy atom. The van der Waals surface area contributed by atoms with Crippen molar-refractivity contribution >= 4 is 11.3 Å². The van der Waals surface area contributed by atoms with E-state index in [9.17, 15) is 0 Å². The minimum atomic E-state index is -0.423. The van der Waals surface area contributed by atoms with Crippen molar-refractivity contribution in [3.63, 3.8) is 0 Å². The molecule has 0 amide bonds. The van der Waals surface area contributed by atoms with E-state index in [4.69, 9.17) is 10.3 Å². The molecule has 0 atom stereocenters. The van der Waals surface area contributed by atoms with Gasteiger partial charge in [0, 0.05) is 11.8 Å². The lowest BCUT2D eigenvalue weighted by Crippen LogP contribution is -2.34. The van der Waals surface area contributed by atoms with E-state index in [1.165, 1.54) is 5.56 Å². The second-order valence-electron chi connectivity index (χ2n) is 6.40. The maximum absolute atomic E-state index is 6.39. The molecule has 4 rings (SSSR count). The second-order valence-corrected chi connectivity index (χ2v) is 7.34. The summed E-state index contributed by atoms with van der Waals surface area (Å²) in [5.41, 5.74) is 8.04. The van der Waals surface area contributed by atoms with Crippen LogP contribution in [0.3, 0.4) is 0 Å². The number of hydrogen-bond acceptors (Lipinski definition) is 6. The zero-order valence-corrected chi connectivity index (χ0v) is 14.3. The fraction of sp³-hybridized carbons (Fsp3) is 0.389. The maximum Gasteiger partial charge on any atom is 0.277 e. The normalized spacial score (nSPS) is 16.5. The van der Waals surface area contributed by atoms with E-state index in [0.717, 1.165) is 49.2 Å². The molecule has 1 aliphatic carbocycles. The van der Waals surface area contributed by atoms with Gasteiger partial charge >= 0.3 is 0 Å². The third-order valence-electron chi connectivity index (χ3n) is 4.61. The molecular formula is C18H20N4OS. The summed E-state index contributed by atoms with van der Waals surface area (Å²) in [6.07, 6.45) is 5.99. The van der Waals surface area contributed by atoms with Crippen LogP contribution in [-0.4, -0.2) is 15.1 Å². The predicted octanol–water partition coefficient (Wildman–Crippen LogP) is 3.71. The van der Waals surface area contributed by atoms with Crippen molar-refractivity contribution in [3.05, 3.63) is 52.1 Å². The topological polar surface area (TPSA) is 77.8 Å². The largest absolute Gasteiger partial charge is 0.332 e. The third-order valence-corrected chi connectivity index (χ3v) is 5.52. The van der Waals surface area contributed by atoms with Gasteiger partial charge in [-0.1, -0.05) is 48.3 Å². The van der Waals surface area contributed by atoms with Crippen LogP contribution in [0.25, 0.3) is 11.6 Å². The lowest BCUT2D eigenvalue weighted by molar-refractivity contribution is 0.372. The highest BCUT2D eigenvalue weighted by Gasteiger charge is 2.36.